The number of aromatic nitrogens is 2. The maximum Gasteiger partial charge on any atom is 0.414 e. The molecule has 0 aromatic carbocycles. The van der Waals surface area contributed by atoms with Gasteiger partial charge in [-0.1, -0.05) is 12.7 Å². The molecular weight excluding hydrogens is 254 g/mol. The maximum atomic E-state index is 11.3. The van der Waals surface area contributed by atoms with E-state index in [2.05, 4.69) is 26.6 Å². The molecule has 0 spiro atoms. The number of hydrogen-bond acceptors (Lipinski definition) is 6. The van der Waals surface area contributed by atoms with E-state index >= 15 is 0 Å². The molecule has 1 amide bonds. The normalized spacial score (nSPS) is 9.74. The molecule has 1 rings (SSSR count). The predicted molar refractivity (Wildman–Crippen MR) is 64.9 cm³/mol. The number of nitrogens with zero attached hydrogens (tertiary/aromatic N) is 2. The van der Waals surface area contributed by atoms with Crippen LogP contribution in [0.2, 0.25) is 0 Å². The van der Waals surface area contributed by atoms with Crippen molar-refractivity contribution in [3.8, 4) is 0 Å². The van der Waals surface area contributed by atoms with Crippen LogP contribution in [0.4, 0.5) is 10.7 Å². The third kappa shape index (κ3) is 4.36. The van der Waals surface area contributed by atoms with Gasteiger partial charge in [0.05, 0.1) is 12.3 Å². The second kappa shape index (κ2) is 7.07. The zero-order valence-corrected chi connectivity index (χ0v) is 10.3. The van der Waals surface area contributed by atoms with E-state index in [0.29, 0.717) is 0 Å². The van der Waals surface area contributed by atoms with Crippen LogP contribution in [0.1, 0.15) is 16.1 Å². The van der Waals surface area contributed by atoms with Gasteiger partial charge in [0.2, 0.25) is 5.95 Å². The fourth-order valence-corrected chi connectivity index (χ4v) is 1.16. The van der Waals surface area contributed by atoms with Crippen LogP contribution in [0.25, 0.3) is 0 Å². The van der Waals surface area contributed by atoms with E-state index in [-0.39, 0.29) is 30.4 Å². The summed E-state index contributed by atoms with van der Waals surface area (Å²) in [5.41, 5.74) is 0.0656. The summed E-state index contributed by atoms with van der Waals surface area (Å²) >= 11 is 0. The van der Waals surface area contributed by atoms with Gasteiger partial charge in [-0.3, -0.25) is 5.32 Å². The highest BCUT2D eigenvalue weighted by Gasteiger charge is 2.14. The molecule has 8 heteroatoms. The average Bonchev–Trinajstić information content (AvgIpc) is 2.36. The number of aromatic carboxylic acids is 1. The van der Waals surface area contributed by atoms with Crippen molar-refractivity contribution < 1.29 is 24.2 Å². The lowest BCUT2D eigenvalue weighted by atomic mass is 10.2. The van der Waals surface area contributed by atoms with Gasteiger partial charge >= 0.3 is 12.1 Å². The summed E-state index contributed by atoms with van der Waals surface area (Å²) in [5.74, 6) is -1.24. The van der Waals surface area contributed by atoms with Crippen molar-refractivity contribution in [2.75, 3.05) is 19.0 Å². The summed E-state index contributed by atoms with van der Waals surface area (Å²) < 4.78 is 9.51. The van der Waals surface area contributed by atoms with Gasteiger partial charge < -0.3 is 14.6 Å². The zero-order chi connectivity index (χ0) is 14.3. The molecule has 1 aromatic rings. The molecular formula is C11H13N3O5. The van der Waals surface area contributed by atoms with Crippen LogP contribution in [0.3, 0.4) is 0 Å². The number of nitrogens with one attached hydrogen (secondary N) is 1. The van der Waals surface area contributed by atoms with Gasteiger partial charge in [-0.15, -0.1) is 0 Å². The summed E-state index contributed by atoms with van der Waals surface area (Å²) in [4.78, 5) is 29.7. The lowest BCUT2D eigenvalue weighted by Gasteiger charge is -2.07. The van der Waals surface area contributed by atoms with Crippen LogP contribution in [0.5, 0.6) is 0 Å². The topological polar surface area (TPSA) is 111 Å². The molecule has 8 nitrogen and oxygen atoms in total. The number of anilines is 1. The maximum absolute atomic E-state index is 11.3. The highest BCUT2D eigenvalue weighted by atomic mass is 16.5. The summed E-state index contributed by atoms with van der Waals surface area (Å²) in [6.45, 7) is 3.42. The van der Waals surface area contributed by atoms with Gasteiger partial charge in [-0.05, 0) is 0 Å². The number of hydrogen-bond donors (Lipinski definition) is 2. The minimum atomic E-state index is -1.17. The molecule has 0 aliphatic heterocycles. The molecule has 0 radical (unpaired) electrons. The first-order valence-electron chi connectivity index (χ1n) is 5.21. The first kappa shape index (κ1) is 14.6. The summed E-state index contributed by atoms with van der Waals surface area (Å²) in [5, 5.41) is 11.2. The van der Waals surface area contributed by atoms with Gasteiger partial charge in [-0.25, -0.2) is 19.6 Å². The van der Waals surface area contributed by atoms with Gasteiger partial charge in [-0.2, -0.15) is 0 Å². The van der Waals surface area contributed by atoms with Crippen LogP contribution in [-0.2, 0) is 16.1 Å². The first-order valence-corrected chi connectivity index (χ1v) is 5.21. The summed E-state index contributed by atoms with van der Waals surface area (Å²) in [6.07, 6.45) is 1.74. The standard InChI is InChI=1S/C11H13N3O5/c1-3-4-19-11(17)14-10-12-5-7(9(15)16)8(13-10)6-18-2/h3,5H,1,4,6H2,2H3,(H,15,16)(H,12,13,14,17). The van der Waals surface area contributed by atoms with Crippen molar-refractivity contribution in [2.45, 2.75) is 6.61 Å². The number of rotatable bonds is 6. The molecule has 19 heavy (non-hydrogen) atoms. The van der Waals surface area contributed by atoms with Crippen molar-refractivity contribution in [3.05, 3.63) is 30.1 Å². The Hall–Kier alpha value is -2.48. The Balaban J connectivity index is 2.85. The van der Waals surface area contributed by atoms with E-state index in [0.717, 1.165) is 6.20 Å². The highest BCUT2D eigenvalue weighted by Crippen LogP contribution is 2.09. The molecule has 1 aromatic heterocycles. The Morgan fingerprint density at radius 1 is 1.58 bits per heavy atom. The smallest absolute Gasteiger partial charge is 0.414 e. The van der Waals surface area contributed by atoms with Crippen LogP contribution in [-0.4, -0.2) is 40.9 Å². The zero-order valence-electron chi connectivity index (χ0n) is 10.3. The lowest BCUT2D eigenvalue weighted by molar-refractivity contribution is 0.0690. The van der Waals surface area contributed by atoms with Crippen LogP contribution in [0.15, 0.2) is 18.9 Å². The molecule has 0 unspecified atom stereocenters. The molecule has 0 bridgehead atoms. The number of methoxy groups -OCH3 is 1. The molecule has 0 aliphatic rings. The van der Waals surface area contributed by atoms with Crippen molar-refractivity contribution in [1.82, 2.24) is 9.97 Å². The SMILES string of the molecule is C=CCOC(=O)Nc1ncc(C(=O)O)c(COC)n1. The average molecular weight is 267 g/mol. The molecule has 2 N–H and O–H groups in total. The second-order valence-corrected chi connectivity index (χ2v) is 3.30. The second-order valence-electron chi connectivity index (χ2n) is 3.30. The number of carboxylic acids is 1. The molecule has 0 saturated heterocycles. The quantitative estimate of drug-likeness (QED) is 0.741. The van der Waals surface area contributed by atoms with E-state index in [9.17, 15) is 9.59 Å². The largest absolute Gasteiger partial charge is 0.478 e. The summed E-state index contributed by atoms with van der Waals surface area (Å²) in [7, 11) is 1.40. The number of carbonyl (C=O) groups is 2. The van der Waals surface area contributed by atoms with Crippen LogP contribution >= 0.6 is 0 Å². The lowest BCUT2D eigenvalue weighted by Crippen LogP contribution is -2.17. The molecule has 102 valence electrons. The van der Waals surface area contributed by atoms with E-state index in [4.69, 9.17) is 9.84 Å². The Bertz CT molecular complexity index is 489. The van der Waals surface area contributed by atoms with E-state index in [1.807, 2.05) is 0 Å². The molecule has 0 atom stereocenters. The third-order valence-corrected chi connectivity index (χ3v) is 1.93. The van der Waals surface area contributed by atoms with Crippen LogP contribution in [0, 0.1) is 0 Å². The van der Waals surface area contributed by atoms with Gasteiger partial charge in [0.25, 0.3) is 0 Å². The van der Waals surface area contributed by atoms with E-state index in [1.165, 1.54) is 13.2 Å². The van der Waals surface area contributed by atoms with Crippen molar-refractivity contribution in [3.63, 3.8) is 0 Å². The Morgan fingerprint density at radius 2 is 2.32 bits per heavy atom. The number of carboxylic acid groups (broad SMARTS) is 1. The van der Waals surface area contributed by atoms with Crippen molar-refractivity contribution in [2.24, 2.45) is 0 Å². The van der Waals surface area contributed by atoms with Crippen LogP contribution < -0.4 is 5.32 Å². The molecule has 0 aliphatic carbocycles. The Labute approximate surface area is 109 Å². The van der Waals surface area contributed by atoms with Gasteiger partial charge in [0.1, 0.15) is 12.2 Å². The molecule has 0 saturated carbocycles. The molecule has 1 heterocycles. The predicted octanol–water partition coefficient (Wildman–Crippen LogP) is 1.06. The van der Waals surface area contributed by atoms with Gasteiger partial charge in [0.15, 0.2) is 0 Å². The summed E-state index contributed by atoms with van der Waals surface area (Å²) in [6, 6.07) is 0. The van der Waals surface area contributed by atoms with E-state index in [1.54, 1.807) is 0 Å². The number of carbonyl (C=O) groups excluding carboxylic acids is 1. The fourth-order valence-electron chi connectivity index (χ4n) is 1.16. The van der Waals surface area contributed by atoms with E-state index < -0.39 is 12.1 Å². The Kier molecular flexibility index (Phi) is 5.42. The van der Waals surface area contributed by atoms with Crippen molar-refractivity contribution >= 4 is 18.0 Å². The first-order chi connectivity index (χ1) is 9.08. The monoisotopic (exact) mass is 267 g/mol. The van der Waals surface area contributed by atoms with Crippen molar-refractivity contribution in [1.29, 1.82) is 0 Å². The fraction of sp³-hybridized carbons (Fsp3) is 0.273. The highest BCUT2D eigenvalue weighted by molar-refractivity contribution is 5.89. The number of amides is 1. The Morgan fingerprint density at radius 3 is 2.89 bits per heavy atom. The van der Waals surface area contributed by atoms with Gasteiger partial charge in [0, 0.05) is 13.3 Å². The molecule has 0 fully saturated rings. The minimum Gasteiger partial charge on any atom is -0.478 e. The third-order valence-electron chi connectivity index (χ3n) is 1.93. The minimum absolute atomic E-state index is 0.0134. The number of ether oxygens (including phenoxy) is 2.